The lowest BCUT2D eigenvalue weighted by atomic mass is 10.2. The highest BCUT2D eigenvalue weighted by atomic mass is 16.5. The zero-order valence-electron chi connectivity index (χ0n) is 33.4. The Hall–Kier alpha value is -4.53. The Bertz CT molecular complexity index is 1390. The summed E-state index contributed by atoms with van der Waals surface area (Å²) >= 11 is 0. The number of hydrogen-bond donors (Lipinski definition) is 0. The Morgan fingerprint density at radius 3 is 0.925 bits per heavy atom. The first-order valence-corrected chi connectivity index (χ1v) is 18.8. The molecule has 0 saturated carbocycles. The minimum Gasteiger partial charge on any atom is -0.462 e. The summed E-state index contributed by atoms with van der Waals surface area (Å²) in [6, 6.07) is 22.3. The first-order valence-electron chi connectivity index (χ1n) is 18.8. The predicted molar refractivity (Wildman–Crippen MR) is 223 cm³/mol. The molecule has 0 aliphatic carbocycles. The van der Waals surface area contributed by atoms with Gasteiger partial charge in [-0.1, -0.05) is 73.1 Å². The molecule has 3 aromatic carbocycles. The molecule has 0 saturated heterocycles. The molecular weight excluding hydrogens is 666 g/mol. The fraction of sp³-hybridized carbons (Fsp3) is 0.523. The summed E-state index contributed by atoms with van der Waals surface area (Å²) in [5.41, 5.74) is 5.08. The predicted octanol–water partition coefficient (Wildman–Crippen LogP) is 10.3. The van der Waals surface area contributed by atoms with Crippen molar-refractivity contribution in [2.45, 2.75) is 92.4 Å². The number of unbranched alkanes of at least 4 members (excludes halogenated alkanes) is 7. The summed E-state index contributed by atoms with van der Waals surface area (Å²) < 4.78 is 15.6. The molecule has 0 amide bonds. The average Bonchev–Trinajstić information content (AvgIpc) is 3.15. The van der Waals surface area contributed by atoms with Crippen LogP contribution in [0.4, 0.5) is 17.1 Å². The molecule has 0 aromatic heterocycles. The van der Waals surface area contributed by atoms with Crippen molar-refractivity contribution in [3.05, 3.63) is 89.5 Å². The highest BCUT2D eigenvalue weighted by molar-refractivity contribution is 5.90. The van der Waals surface area contributed by atoms with Gasteiger partial charge in [0.2, 0.25) is 0 Å². The third-order valence-electron chi connectivity index (χ3n) is 8.05. The second-order valence-corrected chi connectivity index (χ2v) is 13.2. The lowest BCUT2D eigenvalue weighted by molar-refractivity contribution is 0.0488. The molecule has 0 bridgehead atoms. The topological polar surface area (TPSA) is 88.6 Å². The van der Waals surface area contributed by atoms with Crippen molar-refractivity contribution in [2.24, 2.45) is 0 Å². The average molecular weight is 736 g/mol. The van der Waals surface area contributed by atoms with Gasteiger partial charge in [-0.3, -0.25) is 0 Å². The van der Waals surface area contributed by atoms with Crippen molar-refractivity contribution < 1.29 is 28.6 Å². The van der Waals surface area contributed by atoms with Crippen LogP contribution in [0.15, 0.2) is 72.8 Å². The first-order chi connectivity index (χ1) is 24.9. The number of hydrogen-bond acceptors (Lipinski definition) is 9. The van der Waals surface area contributed by atoms with Crippen molar-refractivity contribution >= 4 is 35.0 Å². The fourth-order valence-electron chi connectivity index (χ4n) is 4.63. The van der Waals surface area contributed by atoms with E-state index in [2.05, 4.69) is 20.8 Å². The van der Waals surface area contributed by atoms with Crippen LogP contribution in [0, 0.1) is 0 Å². The van der Waals surface area contributed by atoms with Gasteiger partial charge in [0.15, 0.2) is 0 Å². The van der Waals surface area contributed by atoms with E-state index >= 15 is 0 Å². The van der Waals surface area contributed by atoms with Crippen LogP contribution in [0.3, 0.4) is 0 Å². The zero-order valence-corrected chi connectivity index (χ0v) is 33.4. The Morgan fingerprint density at radius 2 is 0.642 bits per heavy atom. The molecule has 9 heteroatoms. The Kier molecular flexibility index (Phi) is 26.5. The van der Waals surface area contributed by atoms with Crippen LogP contribution in [-0.2, 0) is 14.2 Å². The second-order valence-electron chi connectivity index (χ2n) is 13.2. The summed E-state index contributed by atoms with van der Waals surface area (Å²) in [4.78, 5) is 41.0. The molecule has 296 valence electrons. The molecule has 9 nitrogen and oxygen atoms in total. The maximum absolute atomic E-state index is 11.8. The maximum atomic E-state index is 11.8. The third kappa shape index (κ3) is 20.9. The van der Waals surface area contributed by atoms with E-state index in [9.17, 15) is 14.4 Å². The molecule has 0 unspecified atom stereocenters. The van der Waals surface area contributed by atoms with Crippen LogP contribution in [0.1, 0.15) is 123 Å². The summed E-state index contributed by atoms with van der Waals surface area (Å²) in [7, 11) is 11.8. The van der Waals surface area contributed by atoms with Crippen LogP contribution in [0.25, 0.3) is 0 Å². The van der Waals surface area contributed by atoms with Gasteiger partial charge in [-0.05, 0) is 92.1 Å². The highest BCUT2D eigenvalue weighted by Gasteiger charge is 2.09. The highest BCUT2D eigenvalue weighted by Crippen LogP contribution is 2.15. The van der Waals surface area contributed by atoms with Gasteiger partial charge in [-0.2, -0.15) is 0 Å². The van der Waals surface area contributed by atoms with Gasteiger partial charge in [0.1, 0.15) is 0 Å². The molecule has 3 aromatic rings. The van der Waals surface area contributed by atoms with Crippen molar-refractivity contribution in [3.8, 4) is 0 Å². The van der Waals surface area contributed by atoms with Crippen LogP contribution < -0.4 is 14.7 Å². The second kappa shape index (κ2) is 29.0. The van der Waals surface area contributed by atoms with Crippen molar-refractivity contribution in [1.82, 2.24) is 0 Å². The monoisotopic (exact) mass is 736 g/mol. The minimum atomic E-state index is -0.237. The zero-order chi connectivity index (χ0) is 38.7. The quantitative estimate of drug-likeness (QED) is 0.0678. The van der Waals surface area contributed by atoms with E-state index in [-0.39, 0.29) is 25.3 Å². The molecule has 0 aliphatic heterocycles. The Labute approximate surface area is 321 Å². The number of carbonyl (C=O) groups is 3. The summed E-state index contributed by atoms with van der Waals surface area (Å²) in [6.07, 6.45) is 11.0. The standard InChI is InChI=1S/C16H25NO2.C14H21NO2.C13H19NO2.CH4/c1-4-5-6-7-8-13-19-16(18)14-9-11-15(12-10-14)17(2)3;1-4-5-6-11-17-14(16)12-7-9-13(10-8-12)15(2)3;1-4-5-10-16-13(15)11-6-8-12(9-7-11)14(2)3;/h9-12H,4-8,13H2,1-3H3;7-10H,4-6,11H2,1-3H3;6-9H,4-5,10H2,1-3H3;1H4. The van der Waals surface area contributed by atoms with Crippen LogP contribution >= 0.6 is 0 Å². The lowest BCUT2D eigenvalue weighted by Gasteiger charge is -2.12. The Morgan fingerprint density at radius 1 is 0.396 bits per heavy atom. The first kappa shape index (κ1) is 48.5. The molecule has 53 heavy (non-hydrogen) atoms. The number of esters is 3. The number of benzene rings is 3. The minimum absolute atomic E-state index is 0. The van der Waals surface area contributed by atoms with E-state index in [4.69, 9.17) is 14.2 Å². The molecule has 0 fully saturated rings. The van der Waals surface area contributed by atoms with Gasteiger partial charge >= 0.3 is 17.9 Å². The molecule has 0 atom stereocenters. The molecule has 3 rings (SSSR count). The van der Waals surface area contributed by atoms with E-state index in [0.717, 1.165) is 62.0 Å². The SMILES string of the molecule is C.CCCCCCCOC(=O)c1ccc(N(C)C)cc1.CCCCCOC(=O)c1ccc(N(C)C)cc1.CCCCOC(=O)c1ccc(N(C)C)cc1. The van der Waals surface area contributed by atoms with E-state index in [1.807, 2.05) is 106 Å². The molecule has 0 spiro atoms. The smallest absolute Gasteiger partial charge is 0.338 e. The molecule has 0 aliphatic rings. The van der Waals surface area contributed by atoms with Gasteiger partial charge in [0, 0.05) is 59.3 Å². The largest absolute Gasteiger partial charge is 0.462 e. The fourth-order valence-corrected chi connectivity index (χ4v) is 4.63. The maximum Gasteiger partial charge on any atom is 0.338 e. The normalized spacial score (nSPS) is 9.91. The van der Waals surface area contributed by atoms with Crippen molar-refractivity contribution in [3.63, 3.8) is 0 Å². The van der Waals surface area contributed by atoms with Gasteiger partial charge in [0.25, 0.3) is 0 Å². The third-order valence-corrected chi connectivity index (χ3v) is 8.05. The number of nitrogens with zero attached hydrogens (tertiary/aromatic N) is 3. The van der Waals surface area contributed by atoms with E-state index in [1.165, 1.54) is 19.3 Å². The summed E-state index contributed by atoms with van der Waals surface area (Å²) in [5.74, 6) is -0.689. The van der Waals surface area contributed by atoms with Gasteiger partial charge in [-0.25, -0.2) is 14.4 Å². The van der Waals surface area contributed by atoms with Crippen molar-refractivity contribution in [1.29, 1.82) is 0 Å². The van der Waals surface area contributed by atoms with Gasteiger partial charge < -0.3 is 28.9 Å². The van der Waals surface area contributed by atoms with Crippen LogP contribution in [0.5, 0.6) is 0 Å². The molecule has 0 radical (unpaired) electrons. The lowest BCUT2D eigenvalue weighted by Crippen LogP contribution is -2.10. The van der Waals surface area contributed by atoms with Crippen LogP contribution in [0.2, 0.25) is 0 Å². The Balaban J connectivity index is 0.000000761. The number of carbonyl (C=O) groups excluding carboxylic acids is 3. The number of ether oxygens (including phenoxy) is 3. The van der Waals surface area contributed by atoms with Gasteiger partial charge in [0.05, 0.1) is 36.5 Å². The summed E-state index contributed by atoms with van der Waals surface area (Å²) in [6.45, 7) is 7.93. The summed E-state index contributed by atoms with van der Waals surface area (Å²) in [5, 5.41) is 0. The number of rotatable bonds is 19. The number of anilines is 3. The molecule has 0 heterocycles. The van der Waals surface area contributed by atoms with E-state index in [0.29, 0.717) is 36.5 Å². The van der Waals surface area contributed by atoms with E-state index in [1.54, 1.807) is 24.3 Å². The van der Waals surface area contributed by atoms with Crippen molar-refractivity contribution in [2.75, 3.05) is 76.8 Å². The van der Waals surface area contributed by atoms with E-state index < -0.39 is 0 Å². The molecule has 0 N–H and O–H groups in total. The molecular formula is C44H69N3O6. The van der Waals surface area contributed by atoms with Gasteiger partial charge in [-0.15, -0.1) is 0 Å². The van der Waals surface area contributed by atoms with Crippen LogP contribution in [-0.4, -0.2) is 80.0 Å².